The minimum atomic E-state index is -3.91. The number of sulfonamides is 1. The number of para-hydroxylation sites is 1. The largest absolute Gasteiger partial charge is 0.491 e. The molecule has 26 heavy (non-hydrogen) atoms. The zero-order chi connectivity index (χ0) is 18.6. The molecule has 9 heteroatoms. The third-order valence-corrected chi connectivity index (χ3v) is 4.84. The zero-order valence-electron chi connectivity index (χ0n) is 14.0. The number of aryl methyl sites for hydroxylation is 1. The highest BCUT2D eigenvalue weighted by Crippen LogP contribution is 2.18. The van der Waals surface area contributed by atoms with Gasteiger partial charge in [0.25, 0.3) is 10.0 Å². The van der Waals surface area contributed by atoms with Crippen LogP contribution in [0.2, 0.25) is 0 Å². The molecular weight excluding hydrogens is 360 g/mol. The molecule has 0 saturated heterocycles. The van der Waals surface area contributed by atoms with Crippen LogP contribution in [0.1, 0.15) is 6.92 Å². The summed E-state index contributed by atoms with van der Waals surface area (Å²) >= 11 is 0. The van der Waals surface area contributed by atoms with Crippen molar-refractivity contribution < 1.29 is 22.4 Å². The van der Waals surface area contributed by atoms with Crippen molar-refractivity contribution in [2.24, 2.45) is 0 Å². The van der Waals surface area contributed by atoms with Gasteiger partial charge in [-0.15, -0.1) is 0 Å². The normalized spacial score (nSPS) is 11.7. The first-order valence-electron chi connectivity index (χ1n) is 7.96. The number of rotatable bonds is 8. The second kappa shape index (κ2) is 7.73. The van der Waals surface area contributed by atoms with Gasteiger partial charge in [-0.25, -0.2) is 13.2 Å². The average Bonchev–Trinajstić information content (AvgIpc) is 2.96. The standard InChI is InChI=1S/C17H18N2O6S/c1-2-19-15-9-8-14(12-16(15)25-17(19)20)26(21,22)18-24-11-10-23-13-6-4-3-5-7-13/h3-9,12,18H,2,10-11H2,1H3. The molecule has 2 aromatic carbocycles. The molecule has 0 radical (unpaired) electrons. The molecule has 1 aromatic heterocycles. The minimum absolute atomic E-state index is 0.0255. The van der Waals surface area contributed by atoms with E-state index in [0.717, 1.165) is 0 Å². The van der Waals surface area contributed by atoms with Crippen LogP contribution in [-0.2, 0) is 21.4 Å². The molecule has 1 N–H and O–H groups in total. The fourth-order valence-corrected chi connectivity index (χ4v) is 3.24. The summed E-state index contributed by atoms with van der Waals surface area (Å²) in [5.74, 6) is 0.138. The molecule has 0 bridgehead atoms. The first kappa shape index (κ1) is 18.2. The van der Waals surface area contributed by atoms with Crippen LogP contribution < -0.4 is 15.4 Å². The highest BCUT2D eigenvalue weighted by molar-refractivity contribution is 7.89. The summed E-state index contributed by atoms with van der Waals surface area (Å²) < 4.78 is 36.4. The van der Waals surface area contributed by atoms with E-state index in [1.807, 2.05) is 23.1 Å². The van der Waals surface area contributed by atoms with E-state index in [4.69, 9.17) is 14.0 Å². The van der Waals surface area contributed by atoms with Gasteiger partial charge in [0.15, 0.2) is 5.58 Å². The van der Waals surface area contributed by atoms with E-state index < -0.39 is 15.8 Å². The maximum atomic E-state index is 12.3. The van der Waals surface area contributed by atoms with Gasteiger partial charge in [-0.3, -0.25) is 9.40 Å². The minimum Gasteiger partial charge on any atom is -0.491 e. The van der Waals surface area contributed by atoms with E-state index in [-0.39, 0.29) is 23.7 Å². The van der Waals surface area contributed by atoms with Gasteiger partial charge in [-0.1, -0.05) is 23.1 Å². The number of hydrogen-bond acceptors (Lipinski definition) is 6. The lowest BCUT2D eigenvalue weighted by molar-refractivity contribution is 0.0665. The molecule has 8 nitrogen and oxygen atoms in total. The molecule has 0 aliphatic carbocycles. The number of nitrogens with zero attached hydrogens (tertiary/aromatic N) is 1. The summed E-state index contributed by atoms with van der Waals surface area (Å²) in [4.78, 5) is 18.6. The first-order chi connectivity index (χ1) is 12.5. The van der Waals surface area contributed by atoms with Crippen LogP contribution in [0.15, 0.2) is 62.6 Å². The van der Waals surface area contributed by atoms with Crippen LogP contribution in [0.4, 0.5) is 0 Å². The molecule has 3 aromatic rings. The molecule has 0 atom stereocenters. The molecule has 1 heterocycles. The Morgan fingerprint density at radius 3 is 2.62 bits per heavy atom. The number of aromatic nitrogens is 1. The van der Waals surface area contributed by atoms with E-state index in [2.05, 4.69) is 0 Å². The monoisotopic (exact) mass is 378 g/mol. The highest BCUT2D eigenvalue weighted by Gasteiger charge is 2.17. The number of benzene rings is 2. The summed E-state index contributed by atoms with van der Waals surface area (Å²) in [5.41, 5.74) is 0.737. The van der Waals surface area contributed by atoms with Crippen LogP contribution in [0, 0.1) is 0 Å². The van der Waals surface area contributed by atoms with Gasteiger partial charge in [0.2, 0.25) is 0 Å². The Bertz CT molecular complexity index is 1040. The first-order valence-corrected chi connectivity index (χ1v) is 9.44. The zero-order valence-corrected chi connectivity index (χ0v) is 14.9. The molecule has 0 fully saturated rings. The summed E-state index contributed by atoms with van der Waals surface area (Å²) in [6.45, 7) is 2.44. The van der Waals surface area contributed by atoms with Crippen molar-refractivity contribution in [3.8, 4) is 5.75 Å². The van der Waals surface area contributed by atoms with Gasteiger partial charge < -0.3 is 9.15 Å². The Morgan fingerprint density at radius 1 is 1.12 bits per heavy atom. The summed E-state index contributed by atoms with van der Waals surface area (Å²) in [6.07, 6.45) is 0. The molecular formula is C17H18N2O6S. The summed E-state index contributed by atoms with van der Waals surface area (Å²) in [7, 11) is -3.91. The number of nitrogens with one attached hydrogen (secondary N) is 1. The van der Waals surface area contributed by atoms with Crippen LogP contribution in [-0.4, -0.2) is 26.2 Å². The Balaban J connectivity index is 1.61. The third-order valence-electron chi connectivity index (χ3n) is 3.63. The van der Waals surface area contributed by atoms with E-state index in [1.165, 1.54) is 22.8 Å². The Kier molecular flexibility index (Phi) is 5.40. The summed E-state index contributed by atoms with van der Waals surface area (Å²) in [6, 6.07) is 13.3. The fourth-order valence-electron chi connectivity index (χ4n) is 2.40. The Morgan fingerprint density at radius 2 is 1.88 bits per heavy atom. The van der Waals surface area contributed by atoms with Crippen LogP contribution in [0.25, 0.3) is 11.1 Å². The van der Waals surface area contributed by atoms with Crippen molar-refractivity contribution in [1.82, 2.24) is 9.45 Å². The second-order valence-corrected chi connectivity index (χ2v) is 6.98. The van der Waals surface area contributed by atoms with Gasteiger partial charge in [-0.05, 0) is 31.2 Å². The van der Waals surface area contributed by atoms with E-state index in [1.54, 1.807) is 19.1 Å². The van der Waals surface area contributed by atoms with Crippen molar-refractivity contribution in [2.75, 3.05) is 13.2 Å². The van der Waals surface area contributed by atoms with Crippen molar-refractivity contribution >= 4 is 21.1 Å². The Labute approximate surface area is 150 Å². The lowest BCUT2D eigenvalue weighted by Gasteiger charge is -2.08. The SMILES string of the molecule is CCn1c(=O)oc2cc(S(=O)(=O)NOCCOc3ccccc3)ccc21. The number of oxazole rings is 1. The maximum Gasteiger partial charge on any atom is 0.419 e. The van der Waals surface area contributed by atoms with Crippen molar-refractivity contribution in [2.45, 2.75) is 18.4 Å². The predicted octanol–water partition coefficient (Wildman–Crippen LogP) is 1.90. The lowest BCUT2D eigenvalue weighted by atomic mass is 10.3. The highest BCUT2D eigenvalue weighted by atomic mass is 32.2. The van der Waals surface area contributed by atoms with Gasteiger partial charge in [0.05, 0.1) is 10.4 Å². The van der Waals surface area contributed by atoms with E-state index in [9.17, 15) is 13.2 Å². The van der Waals surface area contributed by atoms with Gasteiger partial charge in [-0.2, -0.15) is 0 Å². The number of fused-ring (bicyclic) bond motifs is 1. The van der Waals surface area contributed by atoms with Crippen molar-refractivity contribution in [3.63, 3.8) is 0 Å². The average molecular weight is 378 g/mol. The maximum absolute atomic E-state index is 12.3. The van der Waals surface area contributed by atoms with Crippen LogP contribution >= 0.6 is 0 Å². The van der Waals surface area contributed by atoms with Crippen molar-refractivity contribution in [3.05, 3.63) is 59.1 Å². The third kappa shape index (κ3) is 3.96. The van der Waals surface area contributed by atoms with E-state index in [0.29, 0.717) is 17.8 Å². The Hall–Kier alpha value is -2.62. The quantitative estimate of drug-likeness (QED) is 0.475. The van der Waals surface area contributed by atoms with Gasteiger partial charge in [0.1, 0.15) is 19.0 Å². The van der Waals surface area contributed by atoms with Crippen LogP contribution in [0.5, 0.6) is 5.75 Å². The van der Waals surface area contributed by atoms with Crippen molar-refractivity contribution in [1.29, 1.82) is 0 Å². The smallest absolute Gasteiger partial charge is 0.419 e. The molecule has 0 spiro atoms. The molecule has 0 aliphatic rings. The lowest BCUT2D eigenvalue weighted by Crippen LogP contribution is -2.26. The molecule has 3 rings (SSSR count). The van der Waals surface area contributed by atoms with Crippen LogP contribution in [0.3, 0.4) is 0 Å². The fraction of sp³-hybridized carbons (Fsp3) is 0.235. The van der Waals surface area contributed by atoms with Gasteiger partial charge >= 0.3 is 5.76 Å². The molecule has 138 valence electrons. The van der Waals surface area contributed by atoms with E-state index >= 15 is 0 Å². The number of ether oxygens (including phenoxy) is 1. The summed E-state index contributed by atoms with van der Waals surface area (Å²) in [5, 5.41) is 0. The second-order valence-electron chi connectivity index (χ2n) is 5.34. The molecule has 0 amide bonds. The predicted molar refractivity (Wildman–Crippen MR) is 94.4 cm³/mol. The molecule has 0 unspecified atom stereocenters. The molecule has 0 saturated carbocycles. The van der Waals surface area contributed by atoms with Gasteiger partial charge in [0, 0.05) is 12.6 Å². The number of hydrogen-bond donors (Lipinski definition) is 1. The molecule has 0 aliphatic heterocycles. The topological polar surface area (TPSA) is 99.8 Å².